The summed E-state index contributed by atoms with van der Waals surface area (Å²) in [6.07, 6.45) is -0.991. The second-order valence-electron chi connectivity index (χ2n) is 8.13. The van der Waals surface area contributed by atoms with Crippen LogP contribution in [0.3, 0.4) is 0 Å². The molecule has 1 aliphatic rings. The predicted octanol–water partition coefficient (Wildman–Crippen LogP) is 5.51. The molecule has 0 radical (unpaired) electrons. The van der Waals surface area contributed by atoms with Crippen LogP contribution in [0.15, 0.2) is 66.7 Å². The van der Waals surface area contributed by atoms with Crippen molar-refractivity contribution in [2.45, 2.75) is 39.0 Å². The minimum atomic E-state index is -0.979. The molecule has 1 heterocycles. The fourth-order valence-corrected chi connectivity index (χ4v) is 4.17. The van der Waals surface area contributed by atoms with Gasteiger partial charge >= 0.3 is 12.1 Å². The van der Waals surface area contributed by atoms with Crippen molar-refractivity contribution in [3.63, 3.8) is 0 Å². The number of amides is 1. The lowest BCUT2D eigenvalue weighted by Gasteiger charge is -2.23. The number of carboxylic acids is 1. The molecule has 6 heteroatoms. The van der Waals surface area contributed by atoms with Crippen LogP contribution in [-0.4, -0.2) is 28.1 Å². The first-order valence-corrected chi connectivity index (χ1v) is 10.5. The van der Waals surface area contributed by atoms with Gasteiger partial charge in [0.25, 0.3) is 0 Å². The van der Waals surface area contributed by atoms with Crippen LogP contribution in [0.1, 0.15) is 35.3 Å². The number of carboxylic acid groups (broad SMARTS) is 1. The van der Waals surface area contributed by atoms with E-state index in [1.54, 1.807) is 11.0 Å². The van der Waals surface area contributed by atoms with E-state index in [9.17, 15) is 14.0 Å². The quantitative estimate of drug-likeness (QED) is 0.557. The van der Waals surface area contributed by atoms with E-state index >= 15 is 0 Å². The van der Waals surface area contributed by atoms with Crippen LogP contribution >= 0.6 is 0 Å². The molecule has 32 heavy (non-hydrogen) atoms. The number of ether oxygens (including phenoxy) is 1. The number of hydrogen-bond donors (Lipinski definition) is 1. The number of rotatable bonds is 6. The summed E-state index contributed by atoms with van der Waals surface area (Å²) in [7, 11) is 0. The van der Waals surface area contributed by atoms with Crippen LogP contribution in [-0.2, 0) is 22.5 Å². The number of benzene rings is 3. The predicted molar refractivity (Wildman–Crippen MR) is 119 cm³/mol. The Hall–Kier alpha value is -3.67. The molecule has 0 aromatic heterocycles. The molecule has 3 aromatic carbocycles. The number of aryl methyl sites for hydroxylation is 1. The molecule has 0 unspecified atom stereocenters. The second-order valence-corrected chi connectivity index (χ2v) is 8.13. The van der Waals surface area contributed by atoms with Crippen LogP contribution in [0.2, 0.25) is 0 Å². The Labute approximate surface area is 186 Å². The number of carbonyl (C=O) groups excluding carboxylic acids is 1. The van der Waals surface area contributed by atoms with E-state index in [2.05, 4.69) is 0 Å². The average Bonchev–Trinajstić information content (AvgIpc) is 3.04. The molecule has 1 amide bonds. The summed E-state index contributed by atoms with van der Waals surface area (Å²) in [6.45, 7) is 4.12. The smallest absolute Gasteiger partial charge is 0.411 e. The topological polar surface area (TPSA) is 66.8 Å². The van der Waals surface area contributed by atoms with Gasteiger partial charge in [0.05, 0.1) is 19.0 Å². The summed E-state index contributed by atoms with van der Waals surface area (Å²) in [5, 5.41) is 9.10. The molecule has 4 rings (SSSR count). The van der Waals surface area contributed by atoms with E-state index in [4.69, 9.17) is 9.84 Å². The first kappa shape index (κ1) is 21.6. The molecule has 1 N–H and O–H groups in total. The molecule has 3 aromatic rings. The van der Waals surface area contributed by atoms with Gasteiger partial charge in [-0.3, -0.25) is 9.69 Å². The van der Waals surface area contributed by atoms with Gasteiger partial charge in [0.15, 0.2) is 0 Å². The molecule has 5 nitrogen and oxygen atoms in total. The van der Waals surface area contributed by atoms with Crippen molar-refractivity contribution in [2.75, 3.05) is 0 Å². The SMILES string of the molecule is Cc1ccc(-c2cc(CC(=O)O)ccc2F)c(CN2C(=O)O[C@H](c3ccccc3)[C@@H]2C)c1. The molecule has 164 valence electrons. The Balaban J connectivity index is 1.68. The van der Waals surface area contributed by atoms with Crippen molar-refractivity contribution in [1.82, 2.24) is 4.90 Å². The maximum Gasteiger partial charge on any atom is 0.411 e. The van der Waals surface area contributed by atoms with E-state index < -0.39 is 17.9 Å². The molecular formula is C26H24FNO4. The number of cyclic esters (lactones) is 1. The van der Waals surface area contributed by atoms with Gasteiger partial charge in [-0.05, 0) is 48.2 Å². The molecule has 1 aliphatic heterocycles. The summed E-state index contributed by atoms with van der Waals surface area (Å²) >= 11 is 0. The Morgan fingerprint density at radius 1 is 1.06 bits per heavy atom. The Kier molecular flexibility index (Phi) is 5.95. The van der Waals surface area contributed by atoms with Crippen molar-refractivity contribution in [2.24, 2.45) is 0 Å². The van der Waals surface area contributed by atoms with Crippen molar-refractivity contribution < 1.29 is 23.8 Å². The van der Waals surface area contributed by atoms with Crippen LogP contribution in [0, 0.1) is 12.7 Å². The van der Waals surface area contributed by atoms with Crippen LogP contribution in [0.4, 0.5) is 9.18 Å². The first-order chi connectivity index (χ1) is 15.3. The van der Waals surface area contributed by atoms with E-state index in [-0.39, 0.29) is 25.1 Å². The zero-order valence-corrected chi connectivity index (χ0v) is 17.9. The summed E-state index contributed by atoms with van der Waals surface area (Å²) < 4.78 is 20.4. The standard InChI is InChI=1S/C26H24FNO4/c1-16-8-10-21(22-13-18(14-24(29)30)9-11-23(22)27)20(12-16)15-28-17(2)25(32-26(28)31)19-6-4-3-5-7-19/h3-13,17,25H,14-15H2,1-2H3,(H,29,30)/t17-,25-/m0/s1. The van der Waals surface area contributed by atoms with Crippen molar-refractivity contribution in [3.05, 3.63) is 94.8 Å². The van der Waals surface area contributed by atoms with Gasteiger partial charge in [0, 0.05) is 5.56 Å². The Morgan fingerprint density at radius 2 is 1.81 bits per heavy atom. The van der Waals surface area contributed by atoms with Crippen LogP contribution < -0.4 is 0 Å². The Morgan fingerprint density at radius 3 is 2.53 bits per heavy atom. The molecule has 0 saturated carbocycles. The lowest BCUT2D eigenvalue weighted by atomic mass is 9.94. The van der Waals surface area contributed by atoms with E-state index in [1.807, 2.05) is 62.4 Å². The van der Waals surface area contributed by atoms with Gasteiger partial charge in [-0.2, -0.15) is 0 Å². The highest BCUT2D eigenvalue weighted by atomic mass is 19.1. The second kappa shape index (κ2) is 8.83. The van der Waals surface area contributed by atoms with Gasteiger partial charge in [-0.1, -0.05) is 60.2 Å². The number of halogens is 1. The van der Waals surface area contributed by atoms with E-state index in [0.717, 1.165) is 16.7 Å². The monoisotopic (exact) mass is 433 g/mol. The third-order valence-electron chi connectivity index (χ3n) is 5.80. The zero-order valence-electron chi connectivity index (χ0n) is 17.9. The van der Waals surface area contributed by atoms with Crippen LogP contribution in [0.5, 0.6) is 0 Å². The first-order valence-electron chi connectivity index (χ1n) is 10.5. The van der Waals surface area contributed by atoms with Gasteiger partial charge in [-0.15, -0.1) is 0 Å². The van der Waals surface area contributed by atoms with Gasteiger partial charge in [0.1, 0.15) is 11.9 Å². The summed E-state index contributed by atoms with van der Waals surface area (Å²) in [5.74, 6) is -1.42. The van der Waals surface area contributed by atoms with Crippen molar-refractivity contribution in [3.8, 4) is 11.1 Å². The summed E-state index contributed by atoms with van der Waals surface area (Å²) in [5.41, 5.74) is 4.13. The van der Waals surface area contributed by atoms with E-state index in [0.29, 0.717) is 16.7 Å². The highest BCUT2D eigenvalue weighted by molar-refractivity contribution is 5.75. The van der Waals surface area contributed by atoms with Crippen molar-refractivity contribution >= 4 is 12.1 Å². The number of nitrogens with zero attached hydrogens (tertiary/aromatic N) is 1. The largest absolute Gasteiger partial charge is 0.481 e. The fourth-order valence-electron chi connectivity index (χ4n) is 4.17. The fraction of sp³-hybridized carbons (Fsp3) is 0.231. The summed E-state index contributed by atoms with van der Waals surface area (Å²) in [6, 6.07) is 19.3. The lowest BCUT2D eigenvalue weighted by Crippen LogP contribution is -2.31. The van der Waals surface area contributed by atoms with E-state index in [1.165, 1.54) is 12.1 Å². The van der Waals surface area contributed by atoms with Crippen LogP contribution in [0.25, 0.3) is 11.1 Å². The number of aliphatic carboxylic acids is 1. The van der Waals surface area contributed by atoms with Gasteiger partial charge in [0.2, 0.25) is 0 Å². The maximum atomic E-state index is 14.8. The third-order valence-corrected chi connectivity index (χ3v) is 5.80. The number of hydrogen-bond acceptors (Lipinski definition) is 3. The minimum absolute atomic E-state index is 0.192. The highest BCUT2D eigenvalue weighted by Crippen LogP contribution is 2.36. The normalized spacial score (nSPS) is 18.0. The number of carbonyl (C=O) groups is 2. The molecule has 1 fully saturated rings. The third kappa shape index (κ3) is 4.35. The zero-order chi connectivity index (χ0) is 22.8. The Bertz CT molecular complexity index is 1160. The highest BCUT2D eigenvalue weighted by Gasteiger charge is 2.39. The molecule has 2 atom stereocenters. The van der Waals surface area contributed by atoms with Crippen molar-refractivity contribution in [1.29, 1.82) is 0 Å². The maximum absolute atomic E-state index is 14.8. The molecule has 0 aliphatic carbocycles. The van der Waals surface area contributed by atoms with Gasteiger partial charge < -0.3 is 9.84 Å². The molecule has 0 spiro atoms. The molecular weight excluding hydrogens is 409 g/mol. The van der Waals surface area contributed by atoms with Gasteiger partial charge in [-0.25, -0.2) is 9.18 Å². The minimum Gasteiger partial charge on any atom is -0.481 e. The average molecular weight is 433 g/mol. The summed E-state index contributed by atoms with van der Waals surface area (Å²) in [4.78, 5) is 25.5. The lowest BCUT2D eigenvalue weighted by molar-refractivity contribution is -0.136. The molecule has 0 bridgehead atoms. The molecule has 1 saturated heterocycles.